The van der Waals surface area contributed by atoms with Gasteiger partial charge in [0.15, 0.2) is 11.5 Å². The Morgan fingerprint density at radius 3 is 2.79 bits per heavy atom. The lowest BCUT2D eigenvalue weighted by atomic mass is 9.72. The second kappa shape index (κ2) is 6.95. The number of hydrogen-bond acceptors (Lipinski definition) is 4. The first-order chi connectivity index (χ1) is 13.9. The lowest BCUT2D eigenvalue weighted by Gasteiger charge is -2.41. The maximum Gasteiger partial charge on any atom is 0.157 e. The monoisotopic (exact) mass is 403 g/mol. The normalized spacial score (nSPS) is 30.7. The Kier molecular flexibility index (Phi) is 4.51. The van der Waals surface area contributed by atoms with E-state index in [9.17, 15) is 13.2 Å². The number of nitrogens with two attached hydrogens (primary N) is 1. The van der Waals surface area contributed by atoms with Gasteiger partial charge in [0, 0.05) is 61.4 Å². The summed E-state index contributed by atoms with van der Waals surface area (Å²) in [6, 6.07) is 1.99. The predicted molar refractivity (Wildman–Crippen MR) is 103 cm³/mol. The summed E-state index contributed by atoms with van der Waals surface area (Å²) in [5, 5.41) is 4.43. The van der Waals surface area contributed by atoms with Crippen LogP contribution in [0.2, 0.25) is 0 Å². The molecular weight excluding hydrogens is 379 g/mol. The molecule has 0 amide bonds. The summed E-state index contributed by atoms with van der Waals surface area (Å²) < 4.78 is 43.1. The Morgan fingerprint density at radius 1 is 1.17 bits per heavy atom. The Morgan fingerprint density at radius 2 is 2.00 bits per heavy atom. The molecule has 1 saturated carbocycles. The van der Waals surface area contributed by atoms with Crippen LogP contribution in [0.4, 0.5) is 13.2 Å². The van der Waals surface area contributed by atoms with Gasteiger partial charge in [-0.05, 0) is 32.1 Å². The molecular formula is C21H24F3N5. The van der Waals surface area contributed by atoms with Crippen molar-refractivity contribution in [3.8, 4) is 0 Å². The minimum Gasteiger partial charge on any atom is -0.327 e. The Hall–Kier alpha value is -2.19. The third kappa shape index (κ3) is 3.28. The van der Waals surface area contributed by atoms with E-state index in [0.717, 1.165) is 36.5 Å². The minimum absolute atomic E-state index is 0.171. The molecule has 2 aliphatic carbocycles. The number of hydrogen-bond donors (Lipinski definition) is 1. The molecule has 2 aromatic heterocycles. The summed E-state index contributed by atoms with van der Waals surface area (Å²) in [5.74, 6) is -3.37. The van der Waals surface area contributed by atoms with Gasteiger partial charge in [0.25, 0.3) is 0 Å². The van der Waals surface area contributed by atoms with Gasteiger partial charge >= 0.3 is 0 Å². The first-order valence-electron chi connectivity index (χ1n) is 10.1. The van der Waals surface area contributed by atoms with Crippen LogP contribution in [0.1, 0.15) is 42.6 Å². The third-order valence-electron chi connectivity index (χ3n) is 6.70. The van der Waals surface area contributed by atoms with Crippen LogP contribution in [0.25, 0.3) is 5.65 Å². The molecule has 154 valence electrons. The van der Waals surface area contributed by atoms with Gasteiger partial charge in [0.1, 0.15) is 11.7 Å². The van der Waals surface area contributed by atoms with E-state index in [-0.39, 0.29) is 24.4 Å². The molecule has 1 aliphatic heterocycles. The standard InChI is InChI=1S/C21H24F3N5/c1-11-4-21-26-20-10-28(8-12(20)9-29(21)27-11)13-2-3-14(19(25)5-13)15-6-17(23)18(24)7-16(15)22/h4,7,9,13-15,19H,2-3,5-6,8,10,25H2,1H3/t13?,14-,15?,19?/m1/s1. The van der Waals surface area contributed by atoms with Gasteiger partial charge in [-0.2, -0.15) is 5.10 Å². The van der Waals surface area contributed by atoms with Crippen LogP contribution in [0.3, 0.4) is 0 Å². The molecule has 3 heterocycles. The van der Waals surface area contributed by atoms with Crippen LogP contribution in [0, 0.1) is 18.8 Å². The number of rotatable bonds is 2. The molecule has 2 N–H and O–H groups in total. The molecule has 4 atom stereocenters. The van der Waals surface area contributed by atoms with Crippen LogP contribution >= 0.6 is 0 Å². The first kappa shape index (κ1) is 18.8. The van der Waals surface area contributed by atoms with Gasteiger partial charge in [0.05, 0.1) is 11.4 Å². The van der Waals surface area contributed by atoms with Gasteiger partial charge in [0.2, 0.25) is 0 Å². The molecule has 8 heteroatoms. The molecule has 3 unspecified atom stereocenters. The summed E-state index contributed by atoms with van der Waals surface area (Å²) >= 11 is 0. The molecule has 0 radical (unpaired) electrons. The summed E-state index contributed by atoms with van der Waals surface area (Å²) in [4.78, 5) is 7.11. The van der Waals surface area contributed by atoms with E-state index < -0.39 is 23.4 Å². The Balaban J connectivity index is 1.27. The van der Waals surface area contributed by atoms with Crippen molar-refractivity contribution < 1.29 is 13.2 Å². The highest BCUT2D eigenvalue weighted by Gasteiger charge is 2.40. The van der Waals surface area contributed by atoms with Crippen molar-refractivity contribution in [1.82, 2.24) is 19.5 Å². The summed E-state index contributed by atoms with van der Waals surface area (Å²) in [7, 11) is 0. The van der Waals surface area contributed by atoms with Crippen LogP contribution in [0.15, 0.2) is 35.8 Å². The summed E-state index contributed by atoms with van der Waals surface area (Å²) in [5.41, 5.74) is 10.4. The highest BCUT2D eigenvalue weighted by molar-refractivity contribution is 5.42. The Labute approximate surface area is 167 Å². The molecule has 1 fully saturated rings. The van der Waals surface area contributed by atoms with Crippen molar-refractivity contribution >= 4 is 5.65 Å². The maximum atomic E-state index is 14.3. The van der Waals surface area contributed by atoms with E-state index in [0.29, 0.717) is 18.9 Å². The van der Waals surface area contributed by atoms with Crippen molar-refractivity contribution in [3.63, 3.8) is 0 Å². The molecule has 2 aromatic rings. The zero-order valence-electron chi connectivity index (χ0n) is 16.3. The first-order valence-corrected chi connectivity index (χ1v) is 10.1. The number of fused-ring (bicyclic) bond motifs is 2. The fourth-order valence-corrected chi connectivity index (χ4v) is 5.20. The SMILES string of the molecule is Cc1cc2nc3c(cn2n1)CN(C1CC[C@H](C2CC(F)=C(F)C=C2F)C(N)C1)C3. The third-order valence-corrected chi connectivity index (χ3v) is 6.70. The molecule has 3 aliphatic rings. The van der Waals surface area contributed by atoms with Crippen molar-refractivity contribution in [1.29, 1.82) is 0 Å². The quantitative estimate of drug-likeness (QED) is 0.827. The lowest BCUT2D eigenvalue weighted by molar-refractivity contribution is 0.0990. The smallest absolute Gasteiger partial charge is 0.157 e. The number of halogens is 3. The van der Waals surface area contributed by atoms with Gasteiger partial charge in [-0.3, -0.25) is 4.90 Å². The van der Waals surface area contributed by atoms with Gasteiger partial charge < -0.3 is 5.73 Å². The molecule has 29 heavy (non-hydrogen) atoms. The lowest BCUT2D eigenvalue weighted by Crippen LogP contribution is -2.47. The van der Waals surface area contributed by atoms with Crippen LogP contribution in [-0.2, 0) is 13.1 Å². The fraction of sp³-hybridized carbons (Fsp3) is 0.524. The van der Waals surface area contributed by atoms with E-state index in [1.54, 1.807) is 0 Å². The second-order valence-electron chi connectivity index (χ2n) is 8.59. The highest BCUT2D eigenvalue weighted by atomic mass is 19.2. The van der Waals surface area contributed by atoms with Gasteiger partial charge in [-0.15, -0.1) is 0 Å². The maximum absolute atomic E-state index is 14.3. The van der Waals surface area contributed by atoms with Crippen LogP contribution < -0.4 is 5.73 Å². The summed E-state index contributed by atoms with van der Waals surface area (Å²) in [6.07, 6.45) is 4.78. The number of aryl methyl sites for hydroxylation is 1. The van der Waals surface area contributed by atoms with Gasteiger partial charge in [-0.1, -0.05) is 0 Å². The van der Waals surface area contributed by atoms with Crippen molar-refractivity contribution in [3.05, 3.63) is 52.8 Å². The van der Waals surface area contributed by atoms with Crippen molar-refractivity contribution in [2.75, 3.05) is 0 Å². The van der Waals surface area contributed by atoms with Crippen molar-refractivity contribution in [2.45, 2.75) is 57.8 Å². The largest absolute Gasteiger partial charge is 0.327 e. The zero-order chi connectivity index (χ0) is 20.3. The minimum atomic E-state index is -1.09. The Bertz CT molecular complexity index is 984. The highest BCUT2D eigenvalue weighted by Crippen LogP contribution is 2.43. The number of nitrogens with zero attached hydrogens (tertiary/aromatic N) is 4. The van der Waals surface area contributed by atoms with Crippen molar-refractivity contribution in [2.24, 2.45) is 17.6 Å². The zero-order valence-corrected chi connectivity index (χ0v) is 16.3. The topological polar surface area (TPSA) is 59.5 Å². The average molecular weight is 403 g/mol. The molecule has 5 nitrogen and oxygen atoms in total. The fourth-order valence-electron chi connectivity index (χ4n) is 5.20. The molecule has 0 saturated heterocycles. The number of aromatic nitrogens is 3. The van der Waals surface area contributed by atoms with E-state index in [2.05, 4.69) is 10.00 Å². The van der Waals surface area contributed by atoms with E-state index in [4.69, 9.17) is 10.7 Å². The van der Waals surface area contributed by atoms with Crippen LogP contribution in [-0.4, -0.2) is 31.6 Å². The molecule has 0 aromatic carbocycles. The van der Waals surface area contributed by atoms with Gasteiger partial charge in [-0.25, -0.2) is 22.7 Å². The van der Waals surface area contributed by atoms with E-state index in [1.807, 2.05) is 23.7 Å². The predicted octanol–water partition coefficient (Wildman–Crippen LogP) is 3.87. The van der Waals surface area contributed by atoms with Crippen LogP contribution in [0.5, 0.6) is 0 Å². The van der Waals surface area contributed by atoms with E-state index in [1.165, 1.54) is 5.56 Å². The average Bonchev–Trinajstić information content (AvgIpc) is 3.24. The summed E-state index contributed by atoms with van der Waals surface area (Å²) in [6.45, 7) is 3.50. The molecule has 0 spiro atoms. The van der Waals surface area contributed by atoms with E-state index >= 15 is 0 Å². The number of allylic oxidation sites excluding steroid dienone is 4. The molecule has 5 rings (SSSR count). The second-order valence-corrected chi connectivity index (χ2v) is 8.59. The molecule has 0 bridgehead atoms.